The lowest BCUT2D eigenvalue weighted by atomic mass is 9.79. The third-order valence-corrected chi connectivity index (χ3v) is 24.7. The van der Waals surface area contributed by atoms with Gasteiger partial charge >= 0.3 is 0 Å². The van der Waals surface area contributed by atoms with Crippen LogP contribution in [0.15, 0.2) is 340 Å². The number of nitrogens with zero attached hydrogens (tertiary/aromatic N) is 2. The summed E-state index contributed by atoms with van der Waals surface area (Å²) in [7, 11) is 0. The van der Waals surface area contributed by atoms with Gasteiger partial charge in [0.25, 0.3) is 0 Å². The minimum atomic E-state index is -0.00220. The van der Waals surface area contributed by atoms with E-state index >= 15 is 0 Å². The van der Waals surface area contributed by atoms with Crippen molar-refractivity contribution in [1.82, 2.24) is 9.13 Å². The molecule has 19 rings (SSSR count). The molecule has 17 aromatic carbocycles. The molecule has 2 heteroatoms. The Balaban J connectivity index is 0.000000161. The van der Waals surface area contributed by atoms with Crippen molar-refractivity contribution in [3.05, 3.63) is 362 Å². The van der Waals surface area contributed by atoms with E-state index in [1.54, 1.807) is 0 Å². The molecule has 0 saturated carbocycles. The zero-order valence-electron chi connectivity index (χ0n) is 69.6. The molecule has 0 radical (unpaired) electrons. The molecule has 0 N–H and O–H groups in total. The Hall–Kier alpha value is -12.6. The van der Waals surface area contributed by atoms with Gasteiger partial charge in [0.05, 0.1) is 0 Å². The Bertz CT molecular complexity index is 6960. The maximum Gasteiger partial charge on any atom is 0.0491 e. The fourth-order valence-corrected chi connectivity index (χ4v) is 18.1. The summed E-state index contributed by atoms with van der Waals surface area (Å²) in [5.41, 5.74) is 33.0. The number of aromatic nitrogens is 2. The van der Waals surface area contributed by atoms with Crippen molar-refractivity contribution in [3.63, 3.8) is 0 Å². The number of aryl methyl sites for hydroxylation is 2. The number of hydrogen-bond acceptors (Lipinski definition) is 0. The zero-order valence-corrected chi connectivity index (χ0v) is 69.6. The fourth-order valence-electron chi connectivity index (χ4n) is 18.1. The molecule has 0 aliphatic carbocycles. The minimum Gasteiger partial charge on any atom is -0.341 e. The number of fused-ring (bicyclic) bond motifs is 10. The summed E-state index contributed by atoms with van der Waals surface area (Å²) in [5.74, 6) is 0. The minimum absolute atomic E-state index is 0.00136. The van der Waals surface area contributed by atoms with Crippen LogP contribution < -0.4 is 0 Å². The Morgan fingerprint density at radius 2 is 0.371 bits per heavy atom. The van der Waals surface area contributed by atoms with Crippen molar-refractivity contribution >= 4 is 86.7 Å². The van der Waals surface area contributed by atoms with Gasteiger partial charge in [0, 0.05) is 56.7 Å². The summed E-state index contributed by atoms with van der Waals surface area (Å²) in [4.78, 5) is 0. The summed E-state index contributed by atoms with van der Waals surface area (Å²) >= 11 is 0. The molecule has 0 aliphatic rings. The highest BCUT2D eigenvalue weighted by Gasteiger charge is 2.27. The molecular formula is C114H102N2. The van der Waals surface area contributed by atoms with Gasteiger partial charge in [0.1, 0.15) is 0 Å². The highest BCUT2D eigenvalue weighted by Crippen LogP contribution is 2.50. The van der Waals surface area contributed by atoms with Crippen LogP contribution in [0, 0.1) is 0 Å². The first-order valence-electron chi connectivity index (χ1n) is 41.7. The summed E-state index contributed by atoms with van der Waals surface area (Å²) in [6, 6.07) is 128. The Kier molecular flexibility index (Phi) is 18.9. The number of rotatable bonds is 11. The summed E-state index contributed by atoms with van der Waals surface area (Å²) in [6.07, 6.45) is 0. The van der Waals surface area contributed by atoms with E-state index in [0.29, 0.717) is 0 Å². The molecule has 568 valence electrons. The second-order valence-corrected chi connectivity index (χ2v) is 36.1. The van der Waals surface area contributed by atoms with Crippen molar-refractivity contribution in [2.75, 3.05) is 0 Å². The maximum atomic E-state index is 2.47. The quantitative estimate of drug-likeness (QED) is 0.114. The predicted octanol–water partition coefficient (Wildman–Crippen LogP) is 32.4. The van der Waals surface area contributed by atoms with Gasteiger partial charge < -0.3 is 9.13 Å². The average Bonchev–Trinajstić information content (AvgIpc) is 1.03. The van der Waals surface area contributed by atoms with E-state index in [2.05, 4.69) is 446 Å². The second-order valence-electron chi connectivity index (χ2n) is 36.1. The monoisotopic (exact) mass is 1500 g/mol. The van der Waals surface area contributed by atoms with Gasteiger partial charge in [-0.3, -0.25) is 0 Å². The van der Waals surface area contributed by atoms with Gasteiger partial charge in [-0.1, -0.05) is 362 Å². The Morgan fingerprint density at radius 1 is 0.164 bits per heavy atom. The lowest BCUT2D eigenvalue weighted by Crippen LogP contribution is -2.11. The standard InChI is InChI=1S/C60H53N.C54H49N/c1-8-61-55-17-13-12-16-49(55)52-36-46(30-35-56(52)61)43-24-28-45(29-25-43)58-51-34-32-47(59(2,3)4)37-53(51)57(50-33-31-48(38-54(50)58)60(5,6)7)44-26-22-42(23-27-44)41-20-18-40(19-21-41)39-14-10-9-11-15-39;1-8-55-49-17-13-12-16-43(49)46-32-40(26-31-50(46)55)37-20-24-39(25-21-37)52-45-30-28-41(53(2,3)4)33-47(45)51(44-29-27-42(34-48(44)52)54(5,6)7)38-22-18-36(19-23-38)35-14-10-9-11-15-35/h9-38H,8H2,1-7H3;9-34H,8H2,1-7H3. The Labute approximate surface area is 685 Å². The molecule has 0 atom stereocenters. The zero-order chi connectivity index (χ0) is 80.1. The largest absolute Gasteiger partial charge is 0.341 e. The van der Waals surface area contributed by atoms with Gasteiger partial charge in [-0.05, 0) is 262 Å². The van der Waals surface area contributed by atoms with Gasteiger partial charge in [-0.25, -0.2) is 0 Å². The van der Waals surface area contributed by atoms with Gasteiger partial charge in [-0.2, -0.15) is 0 Å². The van der Waals surface area contributed by atoms with Gasteiger partial charge in [-0.15, -0.1) is 0 Å². The van der Waals surface area contributed by atoms with Crippen LogP contribution in [0.25, 0.3) is 187 Å². The van der Waals surface area contributed by atoms with E-state index in [1.165, 1.54) is 209 Å². The van der Waals surface area contributed by atoms with E-state index in [4.69, 9.17) is 0 Å². The molecule has 2 nitrogen and oxygen atoms in total. The van der Waals surface area contributed by atoms with Crippen molar-refractivity contribution < 1.29 is 0 Å². The lowest BCUT2D eigenvalue weighted by Gasteiger charge is -2.25. The van der Waals surface area contributed by atoms with E-state index in [9.17, 15) is 0 Å². The molecular weight excluding hydrogens is 1400 g/mol. The summed E-state index contributed by atoms with van der Waals surface area (Å²) < 4.78 is 4.85. The molecule has 2 aromatic heterocycles. The molecule has 0 amide bonds. The van der Waals surface area contributed by atoms with Gasteiger partial charge in [0.2, 0.25) is 0 Å². The molecule has 0 spiro atoms. The maximum absolute atomic E-state index is 2.47. The highest BCUT2D eigenvalue weighted by molar-refractivity contribution is 6.24. The molecule has 0 unspecified atom stereocenters. The molecule has 0 bridgehead atoms. The first kappa shape index (κ1) is 74.8. The number of hydrogen-bond donors (Lipinski definition) is 0. The van der Waals surface area contributed by atoms with E-state index in [0.717, 1.165) is 13.1 Å². The Morgan fingerprint density at radius 3 is 0.621 bits per heavy atom. The molecule has 19 aromatic rings. The van der Waals surface area contributed by atoms with Crippen LogP contribution in [0.3, 0.4) is 0 Å². The number of benzene rings is 17. The van der Waals surface area contributed by atoms with Crippen LogP contribution >= 0.6 is 0 Å². The third-order valence-electron chi connectivity index (χ3n) is 24.7. The van der Waals surface area contributed by atoms with E-state index < -0.39 is 0 Å². The van der Waals surface area contributed by atoms with Crippen LogP contribution in [0.1, 0.15) is 119 Å². The third kappa shape index (κ3) is 13.7. The van der Waals surface area contributed by atoms with Crippen molar-refractivity contribution in [3.8, 4) is 100 Å². The molecule has 0 saturated heterocycles. The lowest BCUT2D eigenvalue weighted by molar-refractivity contribution is 0.590. The normalized spacial score (nSPS) is 12.3. The summed E-state index contributed by atoms with van der Waals surface area (Å²) in [6.45, 7) is 34.2. The van der Waals surface area contributed by atoms with Crippen LogP contribution in [0.4, 0.5) is 0 Å². The first-order valence-corrected chi connectivity index (χ1v) is 41.7. The summed E-state index contributed by atoms with van der Waals surface area (Å²) in [5, 5.41) is 15.6. The average molecular weight is 1500 g/mol. The predicted molar refractivity (Wildman–Crippen MR) is 504 cm³/mol. The SMILES string of the molecule is CCn1c2ccccc2c2cc(-c3ccc(-c4c5ccc(C(C)(C)C)cc5c(-c5ccc(-c6ccc(-c7ccccc7)cc6)cc5)c5ccc(C(C)(C)C)cc45)cc3)ccc21.CCn1c2ccccc2c2cc(-c3ccc(-c4c5ccc(C(C)(C)C)cc5c(-c5ccc(-c6ccccc6)cc5)c5ccc(C(C)(C)C)cc45)cc3)ccc21. The highest BCUT2D eigenvalue weighted by atomic mass is 15.0. The smallest absolute Gasteiger partial charge is 0.0491 e. The van der Waals surface area contributed by atoms with Crippen molar-refractivity contribution in [2.45, 2.75) is 132 Å². The van der Waals surface area contributed by atoms with E-state index in [1.807, 2.05) is 0 Å². The number of para-hydroxylation sites is 2. The van der Waals surface area contributed by atoms with Crippen molar-refractivity contribution in [1.29, 1.82) is 0 Å². The molecule has 0 fully saturated rings. The van der Waals surface area contributed by atoms with E-state index in [-0.39, 0.29) is 21.7 Å². The second kappa shape index (κ2) is 29.3. The van der Waals surface area contributed by atoms with Gasteiger partial charge in [0.15, 0.2) is 0 Å². The molecule has 116 heavy (non-hydrogen) atoms. The molecule has 0 aliphatic heterocycles. The van der Waals surface area contributed by atoms with Crippen LogP contribution in [0.2, 0.25) is 0 Å². The first-order chi connectivity index (χ1) is 55.9. The van der Waals surface area contributed by atoms with Crippen LogP contribution in [-0.2, 0) is 34.7 Å². The van der Waals surface area contributed by atoms with Crippen LogP contribution in [0.5, 0.6) is 0 Å². The topological polar surface area (TPSA) is 9.86 Å². The van der Waals surface area contributed by atoms with Crippen molar-refractivity contribution in [2.24, 2.45) is 0 Å². The molecule has 2 heterocycles. The van der Waals surface area contributed by atoms with Crippen LogP contribution in [-0.4, -0.2) is 9.13 Å². The fraction of sp³-hybridized carbons (Fsp3) is 0.175.